The number of fused-ring (bicyclic) bond motifs is 1. The Morgan fingerprint density at radius 2 is 1.86 bits per heavy atom. The minimum atomic E-state index is 0.0385. The molecular formula is C17H22N2O3. The van der Waals surface area contributed by atoms with Crippen molar-refractivity contribution in [3.05, 3.63) is 23.8 Å². The summed E-state index contributed by atoms with van der Waals surface area (Å²) < 4.78 is 11.1. The lowest BCUT2D eigenvalue weighted by Gasteiger charge is -2.20. The molecule has 2 aliphatic rings. The van der Waals surface area contributed by atoms with Gasteiger partial charge >= 0.3 is 0 Å². The molecule has 1 aromatic carbocycles. The highest BCUT2D eigenvalue weighted by atomic mass is 16.6. The van der Waals surface area contributed by atoms with Crippen LogP contribution in [0.4, 0.5) is 0 Å². The van der Waals surface area contributed by atoms with E-state index in [2.05, 4.69) is 10.5 Å². The third kappa shape index (κ3) is 3.40. The van der Waals surface area contributed by atoms with Gasteiger partial charge in [-0.2, -0.15) is 5.10 Å². The van der Waals surface area contributed by atoms with Crippen LogP contribution >= 0.6 is 0 Å². The number of hydrogen-bond acceptors (Lipinski definition) is 4. The number of amides is 1. The van der Waals surface area contributed by atoms with Gasteiger partial charge in [0.15, 0.2) is 11.5 Å². The van der Waals surface area contributed by atoms with Gasteiger partial charge in [-0.3, -0.25) is 4.79 Å². The highest BCUT2D eigenvalue weighted by molar-refractivity contribution is 5.99. The first-order chi connectivity index (χ1) is 10.7. The van der Waals surface area contributed by atoms with Crippen LogP contribution < -0.4 is 14.9 Å². The summed E-state index contributed by atoms with van der Waals surface area (Å²) in [5, 5.41) is 4.24. The summed E-state index contributed by atoms with van der Waals surface area (Å²) in [5.41, 5.74) is 4.40. The summed E-state index contributed by atoms with van der Waals surface area (Å²) in [6.07, 6.45) is 5.48. The fourth-order valence-electron chi connectivity index (χ4n) is 2.93. The molecule has 0 spiro atoms. The molecule has 5 heteroatoms. The van der Waals surface area contributed by atoms with Crippen LogP contribution in [0.1, 0.15) is 44.6 Å². The number of hydrazone groups is 1. The molecule has 5 nitrogen and oxygen atoms in total. The first-order valence-electron chi connectivity index (χ1n) is 7.98. The Morgan fingerprint density at radius 1 is 1.14 bits per heavy atom. The lowest BCUT2D eigenvalue weighted by Crippen LogP contribution is -2.29. The Hall–Kier alpha value is -2.04. The lowest BCUT2D eigenvalue weighted by molar-refractivity contribution is -0.125. The Bertz CT molecular complexity index is 577. The largest absolute Gasteiger partial charge is 0.486 e. The van der Waals surface area contributed by atoms with Crippen LogP contribution in [-0.2, 0) is 4.79 Å². The van der Waals surface area contributed by atoms with E-state index in [1.54, 1.807) is 0 Å². The fourth-order valence-corrected chi connectivity index (χ4v) is 2.93. The van der Waals surface area contributed by atoms with Crippen molar-refractivity contribution in [3.63, 3.8) is 0 Å². The van der Waals surface area contributed by atoms with Gasteiger partial charge in [0.2, 0.25) is 5.91 Å². The molecule has 3 rings (SSSR count). The zero-order valence-electron chi connectivity index (χ0n) is 12.9. The monoisotopic (exact) mass is 302 g/mol. The van der Waals surface area contributed by atoms with E-state index >= 15 is 0 Å². The van der Waals surface area contributed by atoms with Crippen molar-refractivity contribution in [2.75, 3.05) is 13.2 Å². The summed E-state index contributed by atoms with van der Waals surface area (Å²) in [6.45, 7) is 3.02. The van der Waals surface area contributed by atoms with Crippen molar-refractivity contribution in [3.8, 4) is 11.5 Å². The summed E-state index contributed by atoms with van der Waals surface area (Å²) in [5.74, 6) is 1.65. The van der Waals surface area contributed by atoms with Gasteiger partial charge in [0.25, 0.3) is 0 Å². The van der Waals surface area contributed by atoms with E-state index in [1.807, 2.05) is 25.1 Å². The van der Waals surface area contributed by atoms with E-state index < -0.39 is 0 Å². The van der Waals surface area contributed by atoms with E-state index in [-0.39, 0.29) is 11.8 Å². The molecule has 0 aromatic heterocycles. The zero-order valence-corrected chi connectivity index (χ0v) is 12.9. The summed E-state index contributed by atoms with van der Waals surface area (Å²) in [4.78, 5) is 12.1. The maximum atomic E-state index is 12.1. The van der Waals surface area contributed by atoms with Gasteiger partial charge < -0.3 is 9.47 Å². The molecule has 22 heavy (non-hydrogen) atoms. The van der Waals surface area contributed by atoms with E-state index in [0.717, 1.165) is 48.5 Å². The highest BCUT2D eigenvalue weighted by Gasteiger charge is 2.20. The van der Waals surface area contributed by atoms with Gasteiger partial charge in [-0.1, -0.05) is 19.3 Å². The molecule has 1 heterocycles. The van der Waals surface area contributed by atoms with Crippen LogP contribution in [0.2, 0.25) is 0 Å². The van der Waals surface area contributed by atoms with E-state index in [9.17, 15) is 4.79 Å². The highest BCUT2D eigenvalue weighted by Crippen LogP contribution is 2.31. The number of nitrogens with zero attached hydrogens (tertiary/aromatic N) is 1. The second kappa shape index (κ2) is 6.81. The second-order valence-corrected chi connectivity index (χ2v) is 5.87. The molecule has 0 unspecified atom stereocenters. The van der Waals surface area contributed by atoms with E-state index in [1.165, 1.54) is 6.42 Å². The molecule has 1 aliphatic carbocycles. The standard InChI is InChI=1S/C17H22N2O3/c1-12(18-19-17(20)13-5-3-2-4-6-13)14-7-8-15-16(11-14)22-10-9-21-15/h7-8,11,13H,2-6,9-10H2,1H3,(H,19,20)/b18-12+. The molecular weight excluding hydrogens is 280 g/mol. The van der Waals surface area contributed by atoms with Crippen molar-refractivity contribution in [2.45, 2.75) is 39.0 Å². The Balaban J connectivity index is 1.65. The third-order valence-corrected chi connectivity index (χ3v) is 4.27. The van der Waals surface area contributed by atoms with Crippen LogP contribution in [0.25, 0.3) is 0 Å². The van der Waals surface area contributed by atoms with Crippen LogP contribution in [-0.4, -0.2) is 24.8 Å². The molecule has 118 valence electrons. The molecule has 0 atom stereocenters. The molecule has 0 radical (unpaired) electrons. The average Bonchev–Trinajstić information content (AvgIpc) is 2.59. The number of hydrogen-bond donors (Lipinski definition) is 1. The van der Waals surface area contributed by atoms with Crippen LogP contribution in [0.3, 0.4) is 0 Å². The first kappa shape index (κ1) is 14.9. The minimum Gasteiger partial charge on any atom is -0.486 e. The van der Waals surface area contributed by atoms with Crippen LogP contribution in [0.5, 0.6) is 11.5 Å². The van der Waals surface area contributed by atoms with Gasteiger partial charge in [-0.15, -0.1) is 0 Å². The predicted octanol–water partition coefficient (Wildman–Crippen LogP) is 2.88. The number of carbonyl (C=O) groups is 1. The van der Waals surface area contributed by atoms with Crippen molar-refractivity contribution < 1.29 is 14.3 Å². The first-order valence-corrected chi connectivity index (χ1v) is 7.98. The maximum absolute atomic E-state index is 12.1. The Kier molecular flexibility index (Phi) is 4.61. The van der Waals surface area contributed by atoms with Crippen molar-refractivity contribution in [2.24, 2.45) is 11.0 Å². The van der Waals surface area contributed by atoms with Crippen LogP contribution in [0.15, 0.2) is 23.3 Å². The van der Waals surface area contributed by atoms with Gasteiger partial charge in [-0.05, 0) is 38.0 Å². The molecule has 0 bridgehead atoms. The van der Waals surface area contributed by atoms with Crippen LogP contribution in [0, 0.1) is 5.92 Å². The zero-order chi connectivity index (χ0) is 15.4. The number of benzene rings is 1. The van der Waals surface area contributed by atoms with Crippen molar-refractivity contribution >= 4 is 11.6 Å². The number of rotatable bonds is 3. The predicted molar refractivity (Wildman–Crippen MR) is 84.4 cm³/mol. The van der Waals surface area contributed by atoms with E-state index in [0.29, 0.717) is 13.2 Å². The molecule has 0 saturated heterocycles. The molecule has 1 aromatic rings. The molecule has 1 saturated carbocycles. The third-order valence-electron chi connectivity index (χ3n) is 4.27. The topological polar surface area (TPSA) is 59.9 Å². The Labute approximate surface area is 130 Å². The van der Waals surface area contributed by atoms with Gasteiger partial charge in [0.05, 0.1) is 5.71 Å². The summed E-state index contributed by atoms with van der Waals surface area (Å²) in [7, 11) is 0. The summed E-state index contributed by atoms with van der Waals surface area (Å²) >= 11 is 0. The summed E-state index contributed by atoms with van der Waals surface area (Å²) in [6, 6.07) is 5.71. The van der Waals surface area contributed by atoms with Crippen molar-refractivity contribution in [1.82, 2.24) is 5.43 Å². The second-order valence-electron chi connectivity index (χ2n) is 5.87. The molecule has 1 fully saturated rings. The van der Waals surface area contributed by atoms with Gasteiger partial charge in [0, 0.05) is 11.5 Å². The SMILES string of the molecule is C/C(=N\NC(=O)C1CCCCC1)c1ccc2c(c1)OCCO2. The molecule has 1 aliphatic heterocycles. The molecule has 1 amide bonds. The number of ether oxygens (including phenoxy) is 2. The minimum absolute atomic E-state index is 0.0385. The van der Waals surface area contributed by atoms with Gasteiger partial charge in [-0.25, -0.2) is 5.43 Å². The normalized spacial score (nSPS) is 18.9. The number of nitrogens with one attached hydrogen (secondary N) is 1. The maximum Gasteiger partial charge on any atom is 0.243 e. The smallest absolute Gasteiger partial charge is 0.243 e. The number of carbonyl (C=O) groups excluding carboxylic acids is 1. The lowest BCUT2D eigenvalue weighted by atomic mass is 9.89. The Morgan fingerprint density at radius 3 is 2.64 bits per heavy atom. The van der Waals surface area contributed by atoms with Gasteiger partial charge in [0.1, 0.15) is 13.2 Å². The van der Waals surface area contributed by atoms with E-state index in [4.69, 9.17) is 9.47 Å². The average molecular weight is 302 g/mol. The van der Waals surface area contributed by atoms with Crippen molar-refractivity contribution in [1.29, 1.82) is 0 Å². The quantitative estimate of drug-likeness (QED) is 0.690. The fraction of sp³-hybridized carbons (Fsp3) is 0.529. The molecule has 1 N–H and O–H groups in total.